The van der Waals surface area contributed by atoms with Gasteiger partial charge >= 0.3 is 0 Å². The number of aromatic nitrogens is 1. The summed E-state index contributed by atoms with van der Waals surface area (Å²) in [5.41, 5.74) is 1.15. The van der Waals surface area contributed by atoms with Gasteiger partial charge in [0.1, 0.15) is 18.5 Å². The topological polar surface area (TPSA) is 87.0 Å². The fourth-order valence-corrected chi connectivity index (χ4v) is 1.42. The van der Waals surface area contributed by atoms with Gasteiger partial charge in [0.05, 0.1) is 18.5 Å². The molecular formula is C12H18FN3O3. The van der Waals surface area contributed by atoms with Crippen LogP contribution in [-0.2, 0) is 11.4 Å². The van der Waals surface area contributed by atoms with Crippen molar-refractivity contribution < 1.29 is 19.4 Å². The van der Waals surface area contributed by atoms with Gasteiger partial charge in [-0.2, -0.15) is 0 Å². The zero-order valence-corrected chi connectivity index (χ0v) is 10.9. The highest BCUT2D eigenvalue weighted by Crippen LogP contribution is 2.21. The first kappa shape index (κ1) is 15.3. The summed E-state index contributed by atoms with van der Waals surface area (Å²) in [6.45, 7) is 1.33. The predicted molar refractivity (Wildman–Crippen MR) is 68.9 cm³/mol. The Hall–Kier alpha value is -1.73. The molecule has 0 aliphatic rings. The number of nitrogens with one attached hydrogen (secondary N) is 1. The molecule has 0 bridgehead atoms. The highest BCUT2D eigenvalue weighted by Gasteiger charge is 2.10. The molecule has 0 aliphatic heterocycles. The van der Waals surface area contributed by atoms with Crippen LogP contribution < -0.4 is 5.32 Å². The number of hydrogen-bond acceptors (Lipinski definition) is 6. The summed E-state index contributed by atoms with van der Waals surface area (Å²) in [7, 11) is 1.64. The summed E-state index contributed by atoms with van der Waals surface area (Å²) < 4.78 is 13.1. The maximum Gasteiger partial charge on any atom is 0.149 e. The van der Waals surface area contributed by atoms with Gasteiger partial charge in [-0.25, -0.2) is 4.39 Å². The normalized spacial score (nSPS) is 12.8. The van der Waals surface area contributed by atoms with E-state index in [0.717, 1.165) is 0 Å². The van der Waals surface area contributed by atoms with Crippen molar-refractivity contribution in [3.63, 3.8) is 0 Å². The van der Waals surface area contributed by atoms with Crippen molar-refractivity contribution in [2.45, 2.75) is 19.7 Å². The number of aliphatic hydroxyl groups excluding tert-OH is 1. The molecule has 0 amide bonds. The van der Waals surface area contributed by atoms with Crippen LogP contribution in [0.25, 0.3) is 0 Å². The van der Waals surface area contributed by atoms with Crippen LogP contribution in [0.1, 0.15) is 16.8 Å². The molecule has 1 rings (SSSR count). The standard InChI is InChI=1S/C12H18FN3O3/c1-8-12(18)11(9(6-17)3-15-8)5-16-19-7-10(13)4-14-2/h3,5,10,14,17-18H,4,6-7H2,1-2H3. The highest BCUT2D eigenvalue weighted by molar-refractivity contribution is 5.85. The molecule has 6 nitrogen and oxygen atoms in total. The molecule has 0 aliphatic carbocycles. The number of oxime groups is 1. The molecule has 106 valence electrons. The van der Waals surface area contributed by atoms with E-state index in [2.05, 4.69) is 15.5 Å². The van der Waals surface area contributed by atoms with Crippen LogP contribution in [0.2, 0.25) is 0 Å². The monoisotopic (exact) mass is 271 g/mol. The van der Waals surface area contributed by atoms with Crippen LogP contribution in [0.3, 0.4) is 0 Å². The SMILES string of the molecule is CNCC(F)CON=Cc1c(CO)cnc(C)c1O. The Kier molecular flexibility index (Phi) is 6.17. The van der Waals surface area contributed by atoms with Crippen molar-refractivity contribution in [1.29, 1.82) is 0 Å². The van der Waals surface area contributed by atoms with Crippen LogP contribution in [0, 0.1) is 6.92 Å². The molecule has 0 saturated heterocycles. The molecule has 1 heterocycles. The maximum atomic E-state index is 13.1. The summed E-state index contributed by atoms with van der Waals surface area (Å²) in [5.74, 6) is -0.0778. The van der Waals surface area contributed by atoms with Crippen LogP contribution in [-0.4, -0.2) is 47.8 Å². The van der Waals surface area contributed by atoms with E-state index in [9.17, 15) is 9.50 Å². The molecule has 7 heteroatoms. The van der Waals surface area contributed by atoms with Crippen LogP contribution in [0.15, 0.2) is 11.4 Å². The second kappa shape index (κ2) is 7.65. The first-order valence-electron chi connectivity index (χ1n) is 5.82. The summed E-state index contributed by atoms with van der Waals surface area (Å²) >= 11 is 0. The second-order valence-corrected chi connectivity index (χ2v) is 3.97. The third kappa shape index (κ3) is 4.46. The van der Waals surface area contributed by atoms with Crippen LogP contribution >= 0.6 is 0 Å². The summed E-state index contributed by atoms with van der Waals surface area (Å²) in [4.78, 5) is 8.70. The van der Waals surface area contributed by atoms with Gasteiger partial charge in [-0.05, 0) is 14.0 Å². The number of aliphatic hydroxyl groups is 1. The fraction of sp³-hybridized carbons (Fsp3) is 0.500. The van der Waals surface area contributed by atoms with Crippen LogP contribution in [0.4, 0.5) is 4.39 Å². The molecule has 0 fully saturated rings. The smallest absolute Gasteiger partial charge is 0.149 e. The summed E-state index contributed by atoms with van der Waals surface area (Å²) in [6.07, 6.45) is 1.52. The van der Waals surface area contributed by atoms with E-state index < -0.39 is 6.17 Å². The Labute approximate surface area is 110 Å². The van der Waals surface area contributed by atoms with Crippen molar-refractivity contribution in [2.75, 3.05) is 20.2 Å². The molecule has 3 N–H and O–H groups in total. The third-order valence-electron chi connectivity index (χ3n) is 2.47. The van der Waals surface area contributed by atoms with Crippen LogP contribution in [0.5, 0.6) is 5.75 Å². The lowest BCUT2D eigenvalue weighted by Gasteiger charge is -2.07. The number of aromatic hydroxyl groups is 1. The fourth-order valence-electron chi connectivity index (χ4n) is 1.42. The number of alkyl halides is 1. The lowest BCUT2D eigenvalue weighted by molar-refractivity contribution is 0.0881. The molecular weight excluding hydrogens is 253 g/mol. The van der Waals surface area contributed by atoms with Gasteiger partial charge in [0.15, 0.2) is 0 Å². The number of hydrogen-bond donors (Lipinski definition) is 3. The van der Waals surface area contributed by atoms with Crippen molar-refractivity contribution in [3.05, 3.63) is 23.0 Å². The molecule has 1 aromatic rings. The minimum atomic E-state index is -1.16. The van der Waals surface area contributed by atoms with Crippen molar-refractivity contribution >= 4 is 6.21 Å². The predicted octanol–water partition coefficient (Wildman–Crippen LogP) is 0.496. The average molecular weight is 271 g/mol. The van der Waals surface area contributed by atoms with Gasteiger partial charge in [0.2, 0.25) is 0 Å². The summed E-state index contributed by atoms with van der Waals surface area (Å²) in [6, 6.07) is 0. The zero-order valence-electron chi connectivity index (χ0n) is 10.9. The van der Waals surface area contributed by atoms with E-state index >= 15 is 0 Å². The number of nitrogens with zero attached hydrogens (tertiary/aromatic N) is 2. The molecule has 1 atom stereocenters. The van der Waals surface area contributed by atoms with E-state index in [1.165, 1.54) is 12.4 Å². The largest absolute Gasteiger partial charge is 0.505 e. The summed E-state index contributed by atoms with van der Waals surface area (Å²) in [5, 5.41) is 25.2. The Morgan fingerprint density at radius 1 is 1.63 bits per heavy atom. The van der Waals surface area contributed by atoms with E-state index in [0.29, 0.717) is 16.8 Å². The lowest BCUT2D eigenvalue weighted by atomic mass is 10.1. The average Bonchev–Trinajstić information content (AvgIpc) is 2.39. The third-order valence-corrected chi connectivity index (χ3v) is 2.47. The Balaban J connectivity index is 2.68. The molecule has 0 spiro atoms. The van der Waals surface area contributed by atoms with Gasteiger partial charge in [0, 0.05) is 23.9 Å². The molecule has 0 radical (unpaired) electrons. The number of rotatable bonds is 7. The minimum Gasteiger partial charge on any atom is -0.505 e. The van der Waals surface area contributed by atoms with Gasteiger partial charge in [-0.1, -0.05) is 5.16 Å². The van der Waals surface area contributed by atoms with Gasteiger partial charge in [0.25, 0.3) is 0 Å². The maximum absolute atomic E-state index is 13.1. The van der Waals surface area contributed by atoms with Gasteiger partial charge in [-0.15, -0.1) is 0 Å². The van der Waals surface area contributed by atoms with E-state index in [1.807, 2.05) is 0 Å². The Bertz CT molecular complexity index is 440. The molecule has 19 heavy (non-hydrogen) atoms. The lowest BCUT2D eigenvalue weighted by Crippen LogP contribution is -2.23. The van der Waals surface area contributed by atoms with Crippen molar-refractivity contribution in [3.8, 4) is 5.75 Å². The molecule has 1 unspecified atom stereocenters. The van der Waals surface area contributed by atoms with Crippen molar-refractivity contribution in [1.82, 2.24) is 10.3 Å². The van der Waals surface area contributed by atoms with E-state index in [1.54, 1.807) is 14.0 Å². The Morgan fingerprint density at radius 2 is 2.37 bits per heavy atom. The minimum absolute atomic E-state index is 0.0778. The molecule has 0 saturated carbocycles. The quantitative estimate of drug-likeness (QED) is 0.496. The highest BCUT2D eigenvalue weighted by atomic mass is 19.1. The van der Waals surface area contributed by atoms with Gasteiger partial charge < -0.3 is 20.4 Å². The first-order chi connectivity index (χ1) is 9.10. The second-order valence-electron chi connectivity index (χ2n) is 3.97. The first-order valence-corrected chi connectivity index (χ1v) is 5.82. The van der Waals surface area contributed by atoms with Gasteiger partial charge in [-0.3, -0.25) is 4.98 Å². The number of halogens is 1. The van der Waals surface area contributed by atoms with E-state index in [4.69, 9.17) is 9.94 Å². The van der Waals surface area contributed by atoms with E-state index in [-0.39, 0.29) is 25.5 Å². The molecule has 1 aromatic heterocycles. The zero-order chi connectivity index (χ0) is 14.3. The number of pyridine rings is 1. The Morgan fingerprint density at radius 3 is 3.00 bits per heavy atom. The molecule has 0 aromatic carbocycles. The van der Waals surface area contributed by atoms with Crippen molar-refractivity contribution in [2.24, 2.45) is 5.16 Å². The number of aryl methyl sites for hydroxylation is 1.